The maximum atomic E-state index is 9.97. The summed E-state index contributed by atoms with van der Waals surface area (Å²) in [6.45, 7) is 4.32. The minimum atomic E-state index is -1.20. The number of hydrogen-bond acceptors (Lipinski definition) is 5. The molecule has 0 bridgehead atoms. The highest BCUT2D eigenvalue weighted by atomic mass is 16.7. The van der Waals surface area contributed by atoms with Crippen molar-refractivity contribution in [1.29, 1.82) is 0 Å². The van der Waals surface area contributed by atoms with E-state index in [2.05, 4.69) is 13.8 Å². The van der Waals surface area contributed by atoms with Gasteiger partial charge >= 0.3 is 0 Å². The Balaban J connectivity index is 2.00. The van der Waals surface area contributed by atoms with E-state index in [9.17, 15) is 15.3 Å². The Morgan fingerprint density at radius 1 is 0.778 bits per heavy atom. The highest BCUT2D eigenvalue weighted by molar-refractivity contribution is 4.83. The third kappa shape index (κ3) is 10.8. The zero-order valence-corrected chi connectivity index (χ0v) is 17.7. The standard InChI is InChI=1S/C22H44O5/c1-3-5-6-7-8-9-10-11-12-13-14-15-16-18(4-2)27-22-21(25)20(24)19(23)17-26-22/h18-25H,3-17H2,1-2H3/t18?,19-,20+,21-,22-/m1/s1. The van der Waals surface area contributed by atoms with Crippen LogP contribution in [0.1, 0.15) is 104 Å². The van der Waals surface area contributed by atoms with Crippen LogP contribution in [0.15, 0.2) is 0 Å². The molecule has 5 heteroatoms. The average molecular weight is 389 g/mol. The minimum absolute atomic E-state index is 0.00205. The van der Waals surface area contributed by atoms with Crippen LogP contribution in [0.5, 0.6) is 0 Å². The molecule has 1 fully saturated rings. The lowest BCUT2D eigenvalue weighted by molar-refractivity contribution is -0.283. The van der Waals surface area contributed by atoms with Gasteiger partial charge < -0.3 is 24.8 Å². The lowest BCUT2D eigenvalue weighted by Crippen LogP contribution is -2.54. The van der Waals surface area contributed by atoms with Crippen molar-refractivity contribution in [3.8, 4) is 0 Å². The summed E-state index contributed by atoms with van der Waals surface area (Å²) in [6, 6.07) is 0. The zero-order chi connectivity index (χ0) is 19.9. The quantitative estimate of drug-likeness (QED) is 0.343. The maximum absolute atomic E-state index is 9.97. The molecule has 1 heterocycles. The van der Waals surface area contributed by atoms with Crippen LogP contribution in [0.3, 0.4) is 0 Å². The van der Waals surface area contributed by atoms with E-state index < -0.39 is 24.6 Å². The molecule has 1 aliphatic rings. The molecule has 1 unspecified atom stereocenters. The molecule has 27 heavy (non-hydrogen) atoms. The first-order valence-corrected chi connectivity index (χ1v) is 11.4. The molecule has 1 rings (SSSR count). The Labute approximate surface area is 166 Å². The SMILES string of the molecule is CCCCCCCCCCCCCCC(CC)O[C@H]1OC[C@@H](O)[C@H](O)[C@H]1O. The van der Waals surface area contributed by atoms with Crippen molar-refractivity contribution in [3.05, 3.63) is 0 Å². The molecular formula is C22H44O5. The minimum Gasteiger partial charge on any atom is -0.388 e. The molecule has 3 N–H and O–H groups in total. The Kier molecular flexibility index (Phi) is 14.4. The number of aliphatic hydroxyl groups is 3. The van der Waals surface area contributed by atoms with Crippen molar-refractivity contribution in [1.82, 2.24) is 0 Å². The van der Waals surface area contributed by atoms with E-state index in [0.29, 0.717) is 0 Å². The van der Waals surface area contributed by atoms with Crippen molar-refractivity contribution >= 4 is 0 Å². The summed E-state index contributed by atoms with van der Waals surface area (Å²) in [5.41, 5.74) is 0. The molecule has 0 saturated carbocycles. The number of rotatable bonds is 16. The fourth-order valence-corrected chi connectivity index (χ4v) is 3.67. The van der Waals surface area contributed by atoms with Crippen LogP contribution in [0.25, 0.3) is 0 Å². The summed E-state index contributed by atoms with van der Waals surface area (Å²) < 4.78 is 11.2. The summed E-state index contributed by atoms with van der Waals surface area (Å²) in [5, 5.41) is 29.2. The monoisotopic (exact) mass is 388 g/mol. The molecule has 1 aliphatic heterocycles. The third-order valence-electron chi connectivity index (χ3n) is 5.62. The van der Waals surface area contributed by atoms with Crippen molar-refractivity contribution in [2.75, 3.05) is 6.61 Å². The van der Waals surface area contributed by atoms with Crippen molar-refractivity contribution in [2.24, 2.45) is 0 Å². The van der Waals surface area contributed by atoms with Crippen LogP contribution in [0, 0.1) is 0 Å². The van der Waals surface area contributed by atoms with Crippen LogP contribution < -0.4 is 0 Å². The molecule has 1 saturated heterocycles. The third-order valence-corrected chi connectivity index (χ3v) is 5.62. The molecule has 5 atom stereocenters. The van der Waals surface area contributed by atoms with E-state index >= 15 is 0 Å². The second kappa shape index (κ2) is 15.7. The highest BCUT2D eigenvalue weighted by Crippen LogP contribution is 2.21. The summed E-state index contributed by atoms with van der Waals surface area (Å²) >= 11 is 0. The lowest BCUT2D eigenvalue weighted by Gasteiger charge is -2.36. The fraction of sp³-hybridized carbons (Fsp3) is 1.00. The van der Waals surface area contributed by atoms with Crippen molar-refractivity contribution < 1.29 is 24.8 Å². The Bertz CT molecular complexity index is 339. The summed E-state index contributed by atoms with van der Waals surface area (Å²) in [7, 11) is 0. The molecule has 162 valence electrons. The molecule has 5 nitrogen and oxygen atoms in total. The number of unbranched alkanes of at least 4 members (excludes halogenated alkanes) is 11. The predicted octanol–water partition coefficient (Wildman–Crippen LogP) is 4.31. The molecule has 0 aromatic heterocycles. The van der Waals surface area contributed by atoms with Gasteiger partial charge in [0.2, 0.25) is 0 Å². The number of hydrogen-bond donors (Lipinski definition) is 3. The molecule has 0 aliphatic carbocycles. The van der Waals surface area contributed by atoms with Gasteiger partial charge in [0, 0.05) is 0 Å². The second-order valence-corrected chi connectivity index (χ2v) is 8.09. The van der Waals surface area contributed by atoms with E-state index in [1.807, 2.05) is 0 Å². The first-order valence-electron chi connectivity index (χ1n) is 11.4. The summed E-state index contributed by atoms with van der Waals surface area (Å²) in [5.74, 6) is 0. The van der Waals surface area contributed by atoms with Gasteiger partial charge in [-0.1, -0.05) is 90.9 Å². The van der Waals surface area contributed by atoms with Gasteiger partial charge in [-0.2, -0.15) is 0 Å². The number of aliphatic hydroxyl groups excluding tert-OH is 3. The van der Waals surface area contributed by atoms with Crippen LogP contribution in [-0.2, 0) is 9.47 Å². The molecular weight excluding hydrogens is 344 g/mol. The van der Waals surface area contributed by atoms with Gasteiger partial charge in [0.25, 0.3) is 0 Å². The Hall–Kier alpha value is -0.200. The first-order chi connectivity index (χ1) is 13.1. The van der Waals surface area contributed by atoms with Crippen LogP contribution in [-0.4, -0.2) is 52.6 Å². The number of ether oxygens (including phenoxy) is 2. The van der Waals surface area contributed by atoms with Crippen molar-refractivity contribution in [2.45, 2.75) is 134 Å². The lowest BCUT2D eigenvalue weighted by atomic mass is 10.0. The average Bonchev–Trinajstić information content (AvgIpc) is 2.67. The van der Waals surface area contributed by atoms with Crippen LogP contribution in [0.4, 0.5) is 0 Å². The van der Waals surface area contributed by atoms with Gasteiger partial charge in [-0.15, -0.1) is 0 Å². The second-order valence-electron chi connectivity index (χ2n) is 8.09. The molecule has 0 radical (unpaired) electrons. The van der Waals surface area contributed by atoms with Crippen LogP contribution >= 0.6 is 0 Å². The maximum Gasteiger partial charge on any atom is 0.186 e. The van der Waals surface area contributed by atoms with E-state index in [0.717, 1.165) is 19.3 Å². The first kappa shape index (κ1) is 24.8. The van der Waals surface area contributed by atoms with Gasteiger partial charge in [-0.3, -0.25) is 0 Å². The van der Waals surface area contributed by atoms with Crippen molar-refractivity contribution in [3.63, 3.8) is 0 Å². The van der Waals surface area contributed by atoms with E-state index in [4.69, 9.17) is 9.47 Å². The Morgan fingerprint density at radius 3 is 1.81 bits per heavy atom. The van der Waals surface area contributed by atoms with Gasteiger partial charge in [-0.05, 0) is 12.8 Å². The highest BCUT2D eigenvalue weighted by Gasteiger charge is 2.39. The topological polar surface area (TPSA) is 79.2 Å². The van der Waals surface area contributed by atoms with Gasteiger partial charge in [-0.25, -0.2) is 0 Å². The van der Waals surface area contributed by atoms with E-state index in [1.165, 1.54) is 70.6 Å². The van der Waals surface area contributed by atoms with E-state index in [-0.39, 0.29) is 12.7 Å². The summed E-state index contributed by atoms with van der Waals surface area (Å²) in [6.07, 6.45) is 13.5. The zero-order valence-electron chi connectivity index (χ0n) is 17.7. The summed E-state index contributed by atoms with van der Waals surface area (Å²) in [4.78, 5) is 0. The van der Waals surface area contributed by atoms with Crippen LogP contribution in [0.2, 0.25) is 0 Å². The van der Waals surface area contributed by atoms with Gasteiger partial charge in [0.15, 0.2) is 6.29 Å². The molecule has 0 spiro atoms. The predicted molar refractivity (Wildman–Crippen MR) is 109 cm³/mol. The van der Waals surface area contributed by atoms with Gasteiger partial charge in [0.1, 0.15) is 18.3 Å². The van der Waals surface area contributed by atoms with E-state index in [1.54, 1.807) is 0 Å². The largest absolute Gasteiger partial charge is 0.388 e. The smallest absolute Gasteiger partial charge is 0.186 e. The Morgan fingerprint density at radius 2 is 1.30 bits per heavy atom. The molecule has 0 amide bonds. The molecule has 0 aromatic carbocycles. The normalized spacial score (nSPS) is 27.0. The van der Waals surface area contributed by atoms with Gasteiger partial charge in [0.05, 0.1) is 12.7 Å². The molecule has 0 aromatic rings. The fourth-order valence-electron chi connectivity index (χ4n) is 3.67.